The number of nitrogens with zero attached hydrogens (tertiary/aromatic N) is 1. The van der Waals surface area contributed by atoms with Crippen molar-refractivity contribution in [2.75, 3.05) is 0 Å². The Labute approximate surface area is 91.5 Å². The molecule has 0 saturated carbocycles. The number of hydrogen-bond acceptors (Lipinski definition) is 4. The third-order valence-electron chi connectivity index (χ3n) is 2.75. The Kier molecular flexibility index (Phi) is 2.93. The zero-order valence-corrected chi connectivity index (χ0v) is 8.92. The van der Waals surface area contributed by atoms with Gasteiger partial charge < -0.3 is 9.84 Å². The molecule has 16 heavy (non-hydrogen) atoms. The molecule has 6 heteroatoms. The third-order valence-corrected chi connectivity index (χ3v) is 2.75. The van der Waals surface area contributed by atoms with Gasteiger partial charge in [0.2, 0.25) is 0 Å². The minimum absolute atomic E-state index is 0.0428. The van der Waals surface area contributed by atoms with E-state index in [2.05, 4.69) is 4.98 Å². The predicted molar refractivity (Wildman–Crippen MR) is 56.1 cm³/mol. The van der Waals surface area contributed by atoms with Gasteiger partial charge in [0.1, 0.15) is 6.10 Å². The van der Waals surface area contributed by atoms with Crippen molar-refractivity contribution >= 4 is 0 Å². The zero-order valence-electron chi connectivity index (χ0n) is 8.92. The molecular formula is C10H14N2O4. The third kappa shape index (κ3) is 1.94. The highest BCUT2D eigenvalue weighted by molar-refractivity contribution is 4.88. The van der Waals surface area contributed by atoms with Crippen LogP contribution in [0.3, 0.4) is 0 Å². The van der Waals surface area contributed by atoms with Crippen molar-refractivity contribution in [1.82, 2.24) is 9.55 Å². The van der Waals surface area contributed by atoms with E-state index >= 15 is 0 Å². The Morgan fingerprint density at radius 3 is 2.94 bits per heavy atom. The molecule has 2 N–H and O–H groups in total. The van der Waals surface area contributed by atoms with E-state index in [9.17, 15) is 14.7 Å². The van der Waals surface area contributed by atoms with Gasteiger partial charge >= 0.3 is 5.69 Å². The van der Waals surface area contributed by atoms with Crippen molar-refractivity contribution in [2.24, 2.45) is 0 Å². The second-order valence-electron chi connectivity index (χ2n) is 3.88. The standard InChI is InChI=1S/C10H14N2O4/c1-2-6-5-7(13)9(16-6)12-4-3-8(14)11-10(12)15/h3-4,6-7,9,13H,2,5H2,1H3,(H,11,14,15)/t6-,7+,9+/m0/s1. The topological polar surface area (TPSA) is 84.3 Å². The van der Waals surface area contributed by atoms with Crippen LogP contribution < -0.4 is 11.2 Å². The fourth-order valence-corrected chi connectivity index (χ4v) is 1.87. The number of H-pyrrole nitrogens is 1. The summed E-state index contributed by atoms with van der Waals surface area (Å²) in [6.07, 6.45) is 1.17. The number of rotatable bonds is 2. The van der Waals surface area contributed by atoms with Gasteiger partial charge in [0.15, 0.2) is 6.23 Å². The molecule has 1 fully saturated rings. The van der Waals surface area contributed by atoms with Crippen molar-refractivity contribution in [3.05, 3.63) is 33.1 Å². The van der Waals surface area contributed by atoms with Crippen LogP contribution in [0.15, 0.2) is 21.9 Å². The van der Waals surface area contributed by atoms with Gasteiger partial charge in [-0.05, 0) is 6.42 Å². The van der Waals surface area contributed by atoms with Crippen molar-refractivity contribution in [3.8, 4) is 0 Å². The Morgan fingerprint density at radius 1 is 1.62 bits per heavy atom. The maximum atomic E-state index is 11.5. The summed E-state index contributed by atoms with van der Waals surface area (Å²) in [5.74, 6) is 0. The highest BCUT2D eigenvalue weighted by Gasteiger charge is 2.34. The van der Waals surface area contributed by atoms with E-state index in [0.29, 0.717) is 6.42 Å². The summed E-state index contributed by atoms with van der Waals surface area (Å²) in [4.78, 5) is 24.5. The normalized spacial score (nSPS) is 29.5. The Morgan fingerprint density at radius 2 is 2.38 bits per heavy atom. The van der Waals surface area contributed by atoms with Crippen LogP contribution in [0.2, 0.25) is 0 Å². The van der Waals surface area contributed by atoms with Crippen LogP contribution in [0.1, 0.15) is 26.0 Å². The molecule has 0 bridgehead atoms. The average Bonchev–Trinajstić information content (AvgIpc) is 2.60. The number of aliphatic hydroxyl groups is 1. The van der Waals surface area contributed by atoms with E-state index in [-0.39, 0.29) is 6.10 Å². The van der Waals surface area contributed by atoms with Gasteiger partial charge in [0.25, 0.3) is 5.56 Å². The van der Waals surface area contributed by atoms with Crippen LogP contribution in [-0.2, 0) is 4.74 Å². The molecule has 2 rings (SSSR count). The maximum absolute atomic E-state index is 11.5. The first kappa shape index (κ1) is 11.1. The zero-order chi connectivity index (χ0) is 11.7. The van der Waals surface area contributed by atoms with E-state index in [1.54, 1.807) is 0 Å². The largest absolute Gasteiger partial charge is 0.388 e. The van der Waals surface area contributed by atoms with E-state index in [1.165, 1.54) is 16.8 Å². The van der Waals surface area contributed by atoms with Gasteiger partial charge in [-0.25, -0.2) is 4.79 Å². The minimum Gasteiger partial charge on any atom is -0.388 e. The van der Waals surface area contributed by atoms with E-state index in [4.69, 9.17) is 4.74 Å². The number of aromatic nitrogens is 2. The molecule has 1 aliphatic heterocycles. The molecule has 1 aromatic rings. The predicted octanol–water partition coefficient (Wildman–Crippen LogP) is -0.405. The molecule has 0 aromatic carbocycles. The van der Waals surface area contributed by atoms with Crippen molar-refractivity contribution in [2.45, 2.75) is 38.2 Å². The first-order valence-electron chi connectivity index (χ1n) is 5.27. The lowest BCUT2D eigenvalue weighted by molar-refractivity contribution is -0.0404. The lowest BCUT2D eigenvalue weighted by atomic mass is 10.1. The van der Waals surface area contributed by atoms with E-state index in [0.717, 1.165) is 6.42 Å². The maximum Gasteiger partial charge on any atom is 0.330 e. The molecule has 0 spiro atoms. The van der Waals surface area contributed by atoms with Gasteiger partial charge in [-0.2, -0.15) is 0 Å². The minimum atomic E-state index is -0.714. The summed E-state index contributed by atoms with van der Waals surface area (Å²) in [5, 5.41) is 9.76. The molecule has 1 aliphatic rings. The second kappa shape index (κ2) is 4.23. The smallest absolute Gasteiger partial charge is 0.330 e. The number of nitrogens with one attached hydrogen (secondary N) is 1. The molecule has 1 saturated heterocycles. The molecule has 0 radical (unpaired) electrons. The quantitative estimate of drug-likeness (QED) is 0.718. The molecule has 3 atom stereocenters. The SMILES string of the molecule is CC[C@H]1C[C@@H](O)[C@H](n2ccc(=O)[nH]c2=O)O1. The Bertz CT molecular complexity index is 478. The molecular weight excluding hydrogens is 212 g/mol. The summed E-state index contributed by atoms with van der Waals surface area (Å²) < 4.78 is 6.73. The van der Waals surface area contributed by atoms with Crippen molar-refractivity contribution in [3.63, 3.8) is 0 Å². The number of ether oxygens (including phenoxy) is 1. The highest BCUT2D eigenvalue weighted by Crippen LogP contribution is 2.28. The number of aliphatic hydroxyl groups excluding tert-OH is 1. The molecule has 1 aromatic heterocycles. The van der Waals surface area contributed by atoms with Crippen molar-refractivity contribution in [1.29, 1.82) is 0 Å². The van der Waals surface area contributed by atoms with Gasteiger partial charge in [-0.1, -0.05) is 6.92 Å². The summed E-state index contributed by atoms with van der Waals surface area (Å²) in [6, 6.07) is 1.23. The average molecular weight is 226 g/mol. The summed E-state index contributed by atoms with van der Waals surface area (Å²) >= 11 is 0. The van der Waals surface area contributed by atoms with E-state index in [1.807, 2.05) is 6.92 Å². The molecule has 6 nitrogen and oxygen atoms in total. The Balaban J connectivity index is 2.31. The van der Waals surface area contributed by atoms with Gasteiger partial charge in [0, 0.05) is 18.7 Å². The first-order chi connectivity index (χ1) is 7.61. The van der Waals surface area contributed by atoms with Crippen LogP contribution in [0.5, 0.6) is 0 Å². The monoisotopic (exact) mass is 226 g/mol. The summed E-state index contributed by atoms with van der Waals surface area (Å²) in [7, 11) is 0. The molecule has 0 amide bonds. The fraction of sp³-hybridized carbons (Fsp3) is 0.600. The Hall–Kier alpha value is -1.40. The lowest BCUT2D eigenvalue weighted by Gasteiger charge is -2.16. The molecule has 88 valence electrons. The van der Waals surface area contributed by atoms with Gasteiger partial charge in [-0.3, -0.25) is 14.3 Å². The van der Waals surface area contributed by atoms with Crippen LogP contribution in [-0.4, -0.2) is 26.9 Å². The van der Waals surface area contributed by atoms with Crippen LogP contribution >= 0.6 is 0 Å². The molecule has 0 aliphatic carbocycles. The summed E-state index contributed by atoms with van der Waals surface area (Å²) in [6.45, 7) is 1.95. The second-order valence-corrected chi connectivity index (χ2v) is 3.88. The van der Waals surface area contributed by atoms with Gasteiger partial charge in [0.05, 0.1) is 6.10 Å². The fourth-order valence-electron chi connectivity index (χ4n) is 1.87. The van der Waals surface area contributed by atoms with Crippen LogP contribution in [0.25, 0.3) is 0 Å². The lowest BCUT2D eigenvalue weighted by Crippen LogP contribution is -2.34. The highest BCUT2D eigenvalue weighted by atomic mass is 16.5. The summed E-state index contributed by atoms with van der Waals surface area (Å²) in [5.41, 5.74) is -1.02. The number of aromatic amines is 1. The molecule has 0 unspecified atom stereocenters. The van der Waals surface area contributed by atoms with Gasteiger partial charge in [-0.15, -0.1) is 0 Å². The van der Waals surface area contributed by atoms with Crippen LogP contribution in [0, 0.1) is 0 Å². The first-order valence-corrected chi connectivity index (χ1v) is 5.27. The number of hydrogen-bond donors (Lipinski definition) is 2. The van der Waals surface area contributed by atoms with Crippen molar-refractivity contribution < 1.29 is 9.84 Å². The molecule has 2 heterocycles. The van der Waals surface area contributed by atoms with E-state index < -0.39 is 23.6 Å². The van der Waals surface area contributed by atoms with Crippen LogP contribution in [0.4, 0.5) is 0 Å².